The van der Waals surface area contributed by atoms with E-state index in [1.807, 2.05) is 30.3 Å². The Kier molecular flexibility index (Phi) is 12.0. The zero-order valence-electron chi connectivity index (χ0n) is 23.1. The predicted molar refractivity (Wildman–Crippen MR) is 148 cm³/mol. The Morgan fingerprint density at radius 3 is 2.55 bits per heavy atom. The summed E-state index contributed by atoms with van der Waals surface area (Å²) in [4.78, 5) is 19.1. The quantitative estimate of drug-likeness (QED) is 0.346. The molecule has 1 amide bonds. The lowest BCUT2D eigenvalue weighted by atomic mass is 9.85. The molecule has 2 aromatic rings. The first-order valence-corrected chi connectivity index (χ1v) is 15.5. The maximum absolute atomic E-state index is 13.0. The number of alkyl carbamates (subject to hydrolysis) is 1. The second-order valence-corrected chi connectivity index (χ2v) is 11.9. The van der Waals surface area contributed by atoms with Gasteiger partial charge in [-0.15, -0.1) is 0 Å². The summed E-state index contributed by atoms with van der Waals surface area (Å²) in [5.41, 5.74) is 0.901. The van der Waals surface area contributed by atoms with Gasteiger partial charge >= 0.3 is 6.09 Å². The summed E-state index contributed by atoms with van der Waals surface area (Å²) in [5.74, 6) is 1.48. The number of nitrogens with one attached hydrogen (secondary N) is 2. The molecule has 1 saturated carbocycles. The van der Waals surface area contributed by atoms with Gasteiger partial charge in [-0.1, -0.05) is 76.3 Å². The molecular weight excluding hydrogens is 504 g/mol. The van der Waals surface area contributed by atoms with E-state index in [9.17, 15) is 13.2 Å². The normalized spacial score (nSPS) is 15.5. The molecule has 1 atom stereocenters. The zero-order valence-corrected chi connectivity index (χ0v) is 23.9. The molecule has 212 valence electrons. The van der Waals surface area contributed by atoms with Crippen LogP contribution in [0.2, 0.25) is 0 Å². The molecule has 0 saturated heterocycles. The summed E-state index contributed by atoms with van der Waals surface area (Å²) < 4.78 is 35.9. The number of ether oxygens (including phenoxy) is 1. The third-order valence-corrected chi connectivity index (χ3v) is 8.65. The predicted octanol–water partition coefficient (Wildman–Crippen LogP) is 3.90. The van der Waals surface area contributed by atoms with Crippen LogP contribution in [0.4, 0.5) is 4.79 Å². The smallest absolute Gasteiger partial charge is 0.407 e. The summed E-state index contributed by atoms with van der Waals surface area (Å²) in [5, 5.41) is 7.26. The second-order valence-electron chi connectivity index (χ2n) is 10.0. The van der Waals surface area contributed by atoms with Crippen molar-refractivity contribution in [2.75, 3.05) is 25.4 Å². The van der Waals surface area contributed by atoms with Gasteiger partial charge in [0.2, 0.25) is 10.0 Å². The van der Waals surface area contributed by atoms with Crippen molar-refractivity contribution in [1.82, 2.24) is 29.7 Å². The largest absolute Gasteiger partial charge is 0.445 e. The van der Waals surface area contributed by atoms with Crippen molar-refractivity contribution in [3.63, 3.8) is 0 Å². The van der Waals surface area contributed by atoms with Gasteiger partial charge in [0.1, 0.15) is 12.4 Å². The first kappa shape index (κ1) is 30.0. The second kappa shape index (κ2) is 15.2. The van der Waals surface area contributed by atoms with Gasteiger partial charge in [0.25, 0.3) is 0 Å². The maximum atomic E-state index is 13.0. The van der Waals surface area contributed by atoms with Crippen LogP contribution in [0.25, 0.3) is 0 Å². The van der Waals surface area contributed by atoms with Gasteiger partial charge in [-0.25, -0.2) is 22.9 Å². The number of aryl methyl sites for hydroxylation is 1. The molecule has 1 heterocycles. The lowest BCUT2D eigenvalue weighted by Gasteiger charge is -2.26. The molecule has 0 bridgehead atoms. The van der Waals surface area contributed by atoms with Crippen LogP contribution in [0.5, 0.6) is 0 Å². The number of benzene rings is 1. The van der Waals surface area contributed by atoms with Crippen molar-refractivity contribution in [2.45, 2.75) is 78.0 Å². The van der Waals surface area contributed by atoms with E-state index >= 15 is 0 Å². The Bertz CT molecular complexity index is 1080. The van der Waals surface area contributed by atoms with Crippen molar-refractivity contribution >= 4 is 16.1 Å². The monoisotopic (exact) mass is 548 g/mol. The van der Waals surface area contributed by atoms with Gasteiger partial charge in [-0.2, -0.15) is 5.10 Å². The number of aromatic nitrogens is 3. The highest BCUT2D eigenvalue weighted by Gasteiger charge is 2.28. The molecule has 2 N–H and O–H groups in total. The molecule has 0 unspecified atom stereocenters. The van der Waals surface area contributed by atoms with E-state index in [0.29, 0.717) is 30.4 Å². The minimum Gasteiger partial charge on any atom is -0.445 e. The summed E-state index contributed by atoms with van der Waals surface area (Å²) in [7, 11) is -1.76. The highest BCUT2D eigenvalue weighted by atomic mass is 32.2. The summed E-state index contributed by atoms with van der Waals surface area (Å²) >= 11 is 0. The van der Waals surface area contributed by atoms with Gasteiger partial charge in [0, 0.05) is 7.05 Å². The standard InChI is InChI=1S/C27H44N6O4S/c1-4-33(5-2)17-12-18-38(35,36)31-24(19-22-13-8-6-9-14-22)26-29-25(32(3)30-26)20-28-27(34)37-21-23-15-10-7-11-16-23/h7,10-11,15-16,22,24,31H,4-6,8-9,12-14,17-21H2,1-3H3,(H,28,34)/t24-/m1/s1. The van der Waals surface area contributed by atoms with Gasteiger partial charge in [-0.3, -0.25) is 4.68 Å². The molecule has 1 aliphatic rings. The lowest BCUT2D eigenvalue weighted by Crippen LogP contribution is -2.34. The highest BCUT2D eigenvalue weighted by molar-refractivity contribution is 7.89. The van der Waals surface area contributed by atoms with Crippen molar-refractivity contribution in [1.29, 1.82) is 0 Å². The third-order valence-electron chi connectivity index (χ3n) is 7.18. The molecule has 11 heteroatoms. The summed E-state index contributed by atoms with van der Waals surface area (Å²) in [6, 6.07) is 8.96. The van der Waals surface area contributed by atoms with Crippen molar-refractivity contribution in [3.05, 3.63) is 47.5 Å². The first-order chi connectivity index (χ1) is 18.3. The Hall–Kier alpha value is -2.50. The molecule has 1 aliphatic carbocycles. The first-order valence-electron chi connectivity index (χ1n) is 13.9. The van der Waals surface area contributed by atoms with E-state index in [0.717, 1.165) is 38.0 Å². The number of hydrogen-bond donors (Lipinski definition) is 2. The van der Waals surface area contributed by atoms with Crippen LogP contribution in [-0.4, -0.2) is 59.6 Å². The number of nitrogens with zero attached hydrogens (tertiary/aromatic N) is 4. The molecule has 0 spiro atoms. The van der Waals surface area contributed by atoms with Crippen LogP contribution < -0.4 is 10.0 Å². The Morgan fingerprint density at radius 1 is 1.16 bits per heavy atom. The van der Waals surface area contributed by atoms with Gasteiger partial charge in [0.15, 0.2) is 5.82 Å². The van der Waals surface area contributed by atoms with E-state index in [1.54, 1.807) is 11.7 Å². The van der Waals surface area contributed by atoms with Crippen molar-refractivity contribution < 1.29 is 17.9 Å². The fraction of sp³-hybridized carbons (Fsp3) is 0.667. The van der Waals surface area contributed by atoms with Crippen LogP contribution in [0.3, 0.4) is 0 Å². The molecule has 1 fully saturated rings. The van der Waals surface area contributed by atoms with E-state index in [4.69, 9.17) is 4.74 Å². The topological polar surface area (TPSA) is 118 Å². The van der Waals surface area contributed by atoms with E-state index in [2.05, 4.69) is 38.9 Å². The molecule has 0 aliphatic heterocycles. The van der Waals surface area contributed by atoms with Crippen LogP contribution in [0, 0.1) is 5.92 Å². The van der Waals surface area contributed by atoms with Crippen molar-refractivity contribution in [3.8, 4) is 0 Å². The van der Waals surface area contributed by atoms with Crippen LogP contribution in [0.15, 0.2) is 30.3 Å². The Balaban J connectivity index is 1.62. The van der Waals surface area contributed by atoms with Crippen LogP contribution in [-0.2, 0) is 35.0 Å². The van der Waals surface area contributed by atoms with Crippen LogP contribution >= 0.6 is 0 Å². The fourth-order valence-corrected chi connectivity index (χ4v) is 6.18. The molecule has 3 rings (SSSR count). The highest BCUT2D eigenvalue weighted by Crippen LogP contribution is 2.31. The van der Waals surface area contributed by atoms with Gasteiger partial charge in [-0.05, 0) is 44.0 Å². The molecular formula is C27H44N6O4S. The van der Waals surface area contributed by atoms with Crippen LogP contribution in [0.1, 0.15) is 82.0 Å². The number of amides is 1. The van der Waals surface area contributed by atoms with E-state index in [-0.39, 0.29) is 18.9 Å². The Labute approximate surface area is 227 Å². The molecule has 0 radical (unpaired) electrons. The minimum atomic E-state index is -3.51. The third kappa shape index (κ3) is 9.99. The average molecular weight is 549 g/mol. The Morgan fingerprint density at radius 2 is 1.87 bits per heavy atom. The SMILES string of the molecule is CCN(CC)CCCS(=O)(=O)N[C@H](CC1CCCCC1)c1nc(CNC(=O)OCc2ccccc2)n(C)n1. The average Bonchev–Trinajstić information content (AvgIpc) is 3.29. The molecule has 1 aromatic carbocycles. The molecule has 1 aromatic heterocycles. The van der Waals surface area contributed by atoms with E-state index in [1.165, 1.54) is 19.3 Å². The molecule has 10 nitrogen and oxygen atoms in total. The van der Waals surface area contributed by atoms with Crippen molar-refractivity contribution in [2.24, 2.45) is 13.0 Å². The minimum absolute atomic E-state index is 0.0686. The lowest BCUT2D eigenvalue weighted by molar-refractivity contribution is 0.138. The number of carbonyl (C=O) groups is 1. The molecule has 38 heavy (non-hydrogen) atoms. The number of hydrogen-bond acceptors (Lipinski definition) is 7. The number of sulfonamides is 1. The zero-order chi connectivity index (χ0) is 27.4. The van der Waals surface area contributed by atoms with E-state index < -0.39 is 22.2 Å². The number of rotatable bonds is 15. The fourth-order valence-electron chi connectivity index (χ4n) is 4.92. The summed E-state index contributed by atoms with van der Waals surface area (Å²) in [6.45, 7) is 7.03. The van der Waals surface area contributed by atoms with Gasteiger partial charge < -0.3 is 15.0 Å². The summed E-state index contributed by atoms with van der Waals surface area (Å²) in [6.07, 6.45) is 6.45. The van der Waals surface area contributed by atoms with Gasteiger partial charge in [0.05, 0.1) is 18.3 Å². The number of carbonyl (C=O) groups excluding carboxylic acids is 1. The maximum Gasteiger partial charge on any atom is 0.407 e.